The Morgan fingerprint density at radius 2 is 1.93 bits per heavy atom. The second-order valence-electron chi connectivity index (χ2n) is 6.40. The van der Waals surface area contributed by atoms with Crippen LogP contribution in [0.2, 0.25) is 0 Å². The van der Waals surface area contributed by atoms with Crippen LogP contribution in [-0.2, 0) is 12.8 Å². The first-order valence-electron chi connectivity index (χ1n) is 9.74. The van der Waals surface area contributed by atoms with E-state index in [4.69, 9.17) is 4.74 Å². The lowest BCUT2D eigenvalue weighted by Gasteiger charge is -2.12. The highest BCUT2D eigenvalue weighted by molar-refractivity contribution is 5.79. The minimum Gasteiger partial charge on any atom is -0.496 e. The zero-order valence-corrected chi connectivity index (χ0v) is 16.6. The molecule has 3 aromatic rings. The average Bonchev–Trinajstić information content (AvgIpc) is 3.14. The minimum atomic E-state index is 0.728. The lowest BCUT2D eigenvalue weighted by atomic mass is 10.1. The zero-order chi connectivity index (χ0) is 19.6. The smallest absolute Gasteiger partial charge is 0.191 e. The van der Waals surface area contributed by atoms with E-state index >= 15 is 0 Å². The zero-order valence-electron chi connectivity index (χ0n) is 16.6. The summed E-state index contributed by atoms with van der Waals surface area (Å²) in [6.07, 6.45) is 4.63. The Bertz CT molecular complexity index is 905. The number of nitrogens with zero attached hydrogens (tertiary/aromatic N) is 4. The van der Waals surface area contributed by atoms with E-state index in [1.54, 1.807) is 7.11 Å². The molecule has 0 aliphatic heterocycles. The third-order valence-electron chi connectivity index (χ3n) is 4.44. The quantitative estimate of drug-likeness (QED) is 0.339. The molecule has 7 nitrogen and oxygen atoms in total. The molecule has 0 radical (unpaired) electrons. The predicted molar refractivity (Wildman–Crippen MR) is 112 cm³/mol. The molecule has 0 fully saturated rings. The van der Waals surface area contributed by atoms with Crippen LogP contribution in [0.5, 0.6) is 5.75 Å². The predicted octanol–water partition coefficient (Wildman–Crippen LogP) is 2.47. The topological polar surface area (TPSA) is 75.8 Å². The molecule has 1 aromatic carbocycles. The molecular formula is C21H28N6O. The number of hydrogen-bond donors (Lipinski definition) is 2. The number of hydrogen-bond acceptors (Lipinski definition) is 4. The maximum Gasteiger partial charge on any atom is 0.191 e. The molecule has 0 bridgehead atoms. The number of aromatic nitrogens is 3. The van der Waals surface area contributed by atoms with Crippen LogP contribution in [0.25, 0.3) is 5.65 Å². The molecule has 0 unspecified atom stereocenters. The standard InChI is InChI=1S/C21H28N6O/c1-3-22-21(24-15-13-17-9-4-5-10-18(17)28-2)23-14-8-12-20-26-25-19-11-6-7-16-27(19)20/h4-7,9-11,16H,3,8,12-15H2,1-2H3,(H2,22,23,24). The summed E-state index contributed by atoms with van der Waals surface area (Å²) in [6, 6.07) is 14.0. The molecule has 0 atom stereocenters. The second kappa shape index (κ2) is 10.3. The van der Waals surface area contributed by atoms with Crippen LogP contribution < -0.4 is 15.4 Å². The Kier molecular flexibility index (Phi) is 7.23. The average molecular weight is 380 g/mol. The van der Waals surface area contributed by atoms with Gasteiger partial charge in [0.05, 0.1) is 7.11 Å². The summed E-state index contributed by atoms with van der Waals surface area (Å²) in [6.45, 7) is 4.42. The van der Waals surface area contributed by atoms with E-state index in [0.29, 0.717) is 0 Å². The summed E-state index contributed by atoms with van der Waals surface area (Å²) in [5.41, 5.74) is 2.07. The number of guanidine groups is 1. The first-order chi connectivity index (χ1) is 13.8. The molecule has 0 aliphatic carbocycles. The van der Waals surface area contributed by atoms with Crippen molar-refractivity contribution >= 4 is 11.6 Å². The molecular weight excluding hydrogens is 352 g/mol. The summed E-state index contributed by atoms with van der Waals surface area (Å²) < 4.78 is 7.44. The molecule has 0 spiro atoms. The Morgan fingerprint density at radius 3 is 2.79 bits per heavy atom. The highest BCUT2D eigenvalue weighted by atomic mass is 16.5. The molecule has 148 valence electrons. The van der Waals surface area contributed by atoms with Crippen LogP contribution >= 0.6 is 0 Å². The van der Waals surface area contributed by atoms with E-state index in [-0.39, 0.29) is 0 Å². The number of nitrogens with one attached hydrogen (secondary N) is 2. The van der Waals surface area contributed by atoms with Crippen molar-refractivity contribution < 1.29 is 4.74 Å². The first kappa shape index (κ1) is 19.7. The van der Waals surface area contributed by atoms with Crippen molar-refractivity contribution in [3.63, 3.8) is 0 Å². The van der Waals surface area contributed by atoms with Crippen LogP contribution in [0.1, 0.15) is 24.7 Å². The maximum atomic E-state index is 5.41. The van der Waals surface area contributed by atoms with Crippen molar-refractivity contribution in [1.82, 2.24) is 25.2 Å². The molecule has 0 saturated carbocycles. The van der Waals surface area contributed by atoms with E-state index in [2.05, 4.69) is 38.8 Å². The van der Waals surface area contributed by atoms with E-state index in [0.717, 1.165) is 62.1 Å². The molecule has 2 aromatic heterocycles. The fraction of sp³-hybridized carbons (Fsp3) is 0.381. The summed E-state index contributed by atoms with van der Waals surface area (Å²) >= 11 is 0. The lowest BCUT2D eigenvalue weighted by Crippen LogP contribution is -2.38. The van der Waals surface area contributed by atoms with Gasteiger partial charge in [-0.3, -0.25) is 9.39 Å². The van der Waals surface area contributed by atoms with Gasteiger partial charge in [0.15, 0.2) is 11.6 Å². The summed E-state index contributed by atoms with van der Waals surface area (Å²) in [5, 5.41) is 15.1. The third kappa shape index (κ3) is 5.22. The second-order valence-corrected chi connectivity index (χ2v) is 6.40. The van der Waals surface area contributed by atoms with Gasteiger partial charge in [0.2, 0.25) is 0 Å². The number of aryl methyl sites for hydroxylation is 1. The SMILES string of the molecule is CCNC(=NCCCc1nnc2ccccn12)NCCc1ccccc1OC. The summed E-state index contributed by atoms with van der Waals surface area (Å²) in [4.78, 5) is 4.67. The van der Waals surface area contributed by atoms with Gasteiger partial charge in [0, 0.05) is 32.3 Å². The number of para-hydroxylation sites is 1. The van der Waals surface area contributed by atoms with Crippen LogP contribution in [0.3, 0.4) is 0 Å². The van der Waals surface area contributed by atoms with Gasteiger partial charge in [-0.1, -0.05) is 24.3 Å². The monoisotopic (exact) mass is 380 g/mol. The Labute approximate surface area is 165 Å². The minimum absolute atomic E-state index is 0.728. The molecule has 0 aliphatic rings. The number of methoxy groups -OCH3 is 1. The van der Waals surface area contributed by atoms with E-state index in [9.17, 15) is 0 Å². The fourth-order valence-electron chi connectivity index (χ4n) is 3.06. The molecule has 28 heavy (non-hydrogen) atoms. The Hall–Kier alpha value is -3.09. The first-order valence-corrected chi connectivity index (χ1v) is 9.74. The van der Waals surface area contributed by atoms with Gasteiger partial charge in [-0.2, -0.15) is 0 Å². The molecule has 7 heteroatoms. The van der Waals surface area contributed by atoms with Crippen molar-refractivity contribution in [2.75, 3.05) is 26.7 Å². The van der Waals surface area contributed by atoms with Crippen molar-refractivity contribution in [1.29, 1.82) is 0 Å². The Balaban J connectivity index is 1.48. The summed E-state index contributed by atoms with van der Waals surface area (Å²) in [7, 11) is 1.70. The summed E-state index contributed by atoms with van der Waals surface area (Å²) in [5.74, 6) is 2.73. The van der Waals surface area contributed by atoms with E-state index in [1.165, 1.54) is 5.56 Å². The van der Waals surface area contributed by atoms with Crippen molar-refractivity contribution in [2.45, 2.75) is 26.2 Å². The van der Waals surface area contributed by atoms with Crippen molar-refractivity contribution in [3.05, 3.63) is 60.0 Å². The van der Waals surface area contributed by atoms with Gasteiger partial charge in [-0.25, -0.2) is 0 Å². The Morgan fingerprint density at radius 1 is 1.07 bits per heavy atom. The lowest BCUT2D eigenvalue weighted by molar-refractivity contribution is 0.409. The van der Waals surface area contributed by atoms with Crippen LogP contribution in [-0.4, -0.2) is 47.3 Å². The number of ether oxygens (including phenoxy) is 1. The van der Waals surface area contributed by atoms with E-state index in [1.807, 2.05) is 47.0 Å². The van der Waals surface area contributed by atoms with Crippen molar-refractivity contribution in [3.8, 4) is 5.75 Å². The maximum absolute atomic E-state index is 5.41. The molecule has 0 saturated heterocycles. The van der Waals surface area contributed by atoms with Gasteiger partial charge in [0.1, 0.15) is 11.6 Å². The van der Waals surface area contributed by atoms with Gasteiger partial charge < -0.3 is 15.4 Å². The molecule has 3 rings (SSSR count). The van der Waals surface area contributed by atoms with Gasteiger partial charge >= 0.3 is 0 Å². The number of pyridine rings is 1. The third-order valence-corrected chi connectivity index (χ3v) is 4.44. The highest BCUT2D eigenvalue weighted by Gasteiger charge is 2.05. The van der Waals surface area contributed by atoms with Crippen molar-refractivity contribution in [2.24, 2.45) is 4.99 Å². The number of fused-ring (bicyclic) bond motifs is 1. The van der Waals surface area contributed by atoms with Gasteiger partial charge in [-0.05, 0) is 43.5 Å². The van der Waals surface area contributed by atoms with Crippen LogP contribution in [0.4, 0.5) is 0 Å². The largest absolute Gasteiger partial charge is 0.496 e. The number of benzene rings is 1. The molecule has 0 amide bonds. The molecule has 2 heterocycles. The number of aliphatic imine (C=N–C) groups is 1. The molecule has 2 N–H and O–H groups in total. The van der Waals surface area contributed by atoms with E-state index < -0.39 is 0 Å². The highest BCUT2D eigenvalue weighted by Crippen LogP contribution is 2.17. The number of rotatable bonds is 9. The van der Waals surface area contributed by atoms with Crippen LogP contribution in [0, 0.1) is 0 Å². The van der Waals surface area contributed by atoms with Gasteiger partial charge in [-0.15, -0.1) is 10.2 Å². The normalized spacial score (nSPS) is 11.6. The fourth-order valence-corrected chi connectivity index (χ4v) is 3.06. The van der Waals surface area contributed by atoms with Crippen LogP contribution in [0.15, 0.2) is 53.7 Å². The van der Waals surface area contributed by atoms with Gasteiger partial charge in [0.25, 0.3) is 0 Å².